The summed E-state index contributed by atoms with van der Waals surface area (Å²) in [5.41, 5.74) is 3.46. The molecule has 0 saturated heterocycles. The van der Waals surface area contributed by atoms with Gasteiger partial charge in [0.2, 0.25) is 0 Å². The average molecular weight is 417 g/mol. The van der Waals surface area contributed by atoms with Crippen molar-refractivity contribution < 1.29 is 33.3 Å². The number of aryl methyl sites for hydroxylation is 1. The molecule has 4 nitrogen and oxygen atoms in total. The van der Waals surface area contributed by atoms with Crippen LogP contribution in [0.25, 0.3) is 22.6 Å². The molecule has 0 unspecified atom stereocenters. The molecule has 2 heterocycles. The van der Waals surface area contributed by atoms with Gasteiger partial charge in [-0.15, -0.1) is 0 Å². The zero-order chi connectivity index (χ0) is 15.5. The van der Waals surface area contributed by atoms with Crippen molar-refractivity contribution in [3.05, 3.63) is 60.0 Å². The maximum Gasteiger partial charge on any atom is 0.175 e. The first-order valence-electron chi connectivity index (χ1n) is 6.94. The van der Waals surface area contributed by atoms with Gasteiger partial charge in [-0.05, 0) is 30.3 Å². The number of rotatable bonds is 3. The summed E-state index contributed by atoms with van der Waals surface area (Å²) in [7, 11) is 3.60. The molecule has 0 amide bonds. The second-order valence-electron chi connectivity index (χ2n) is 5.09. The number of aromatic nitrogens is 2. The molecule has 5 heteroatoms. The van der Waals surface area contributed by atoms with Crippen molar-refractivity contribution in [3.8, 4) is 11.8 Å². The van der Waals surface area contributed by atoms with Crippen molar-refractivity contribution in [2.75, 3.05) is 7.11 Å². The number of halogens is 1. The molecule has 0 aliphatic rings. The Kier molecular flexibility index (Phi) is 5.40. The Bertz CT molecular complexity index is 906. The van der Waals surface area contributed by atoms with Gasteiger partial charge in [0.15, 0.2) is 12.4 Å². The number of allylic oxidation sites excluding steroid dienone is 1. The summed E-state index contributed by atoms with van der Waals surface area (Å²) in [4.78, 5) is 3.20. The predicted octanol–water partition coefficient (Wildman–Crippen LogP) is 0.0692. The number of aromatic amines is 1. The normalized spacial score (nSPS) is 10.9. The topological polar surface area (TPSA) is 52.7 Å². The van der Waals surface area contributed by atoms with Crippen LogP contribution in [0.3, 0.4) is 0 Å². The summed E-state index contributed by atoms with van der Waals surface area (Å²) in [5.74, 6) is 0.775. The predicted molar refractivity (Wildman–Crippen MR) is 86.0 cm³/mol. The highest BCUT2D eigenvalue weighted by molar-refractivity contribution is 6.01. The van der Waals surface area contributed by atoms with Gasteiger partial charge in [-0.25, -0.2) is 4.57 Å². The number of fused-ring (bicyclic) bond motifs is 1. The summed E-state index contributed by atoms with van der Waals surface area (Å²) in [6.07, 6.45) is 7.69. The van der Waals surface area contributed by atoms with E-state index in [1.807, 2.05) is 66.6 Å². The molecule has 0 radical (unpaired) electrons. The summed E-state index contributed by atoms with van der Waals surface area (Å²) in [6, 6.07) is 12.0. The Morgan fingerprint density at radius 3 is 2.87 bits per heavy atom. The van der Waals surface area contributed by atoms with Crippen molar-refractivity contribution in [2.24, 2.45) is 7.05 Å². The zero-order valence-corrected chi connectivity index (χ0v) is 15.0. The van der Waals surface area contributed by atoms with E-state index in [9.17, 15) is 5.26 Å². The van der Waals surface area contributed by atoms with E-state index in [0.717, 1.165) is 27.8 Å². The third-order valence-electron chi connectivity index (χ3n) is 3.57. The quantitative estimate of drug-likeness (QED) is 0.373. The molecular formula is C18H16IN3O. The molecule has 2 aromatic heterocycles. The van der Waals surface area contributed by atoms with Gasteiger partial charge in [-0.3, -0.25) is 0 Å². The minimum absolute atomic E-state index is 0. The van der Waals surface area contributed by atoms with Crippen molar-refractivity contribution >= 4 is 22.6 Å². The van der Waals surface area contributed by atoms with Gasteiger partial charge in [0.05, 0.1) is 18.8 Å². The SMILES string of the molecule is COc1ccc2[nH]cc(/C(C#N)=C/c3ccc[n+](C)c3)c2c1.[I-]. The average Bonchev–Trinajstić information content (AvgIpc) is 2.95. The Labute approximate surface area is 152 Å². The molecular weight excluding hydrogens is 401 g/mol. The van der Waals surface area contributed by atoms with E-state index in [2.05, 4.69) is 11.1 Å². The van der Waals surface area contributed by atoms with Crippen LogP contribution >= 0.6 is 0 Å². The minimum Gasteiger partial charge on any atom is -1.00 e. The van der Waals surface area contributed by atoms with Crippen LogP contribution < -0.4 is 33.3 Å². The Morgan fingerprint density at radius 1 is 1.35 bits per heavy atom. The lowest BCUT2D eigenvalue weighted by Crippen LogP contribution is -3.00. The van der Waals surface area contributed by atoms with E-state index in [-0.39, 0.29) is 24.0 Å². The van der Waals surface area contributed by atoms with Crippen LogP contribution in [0.4, 0.5) is 0 Å². The first kappa shape index (κ1) is 17.0. The number of nitriles is 1. The molecule has 116 valence electrons. The number of methoxy groups -OCH3 is 1. The highest BCUT2D eigenvalue weighted by Gasteiger charge is 2.10. The molecule has 1 N–H and O–H groups in total. The molecule has 0 bridgehead atoms. The van der Waals surface area contributed by atoms with Crippen molar-refractivity contribution in [1.82, 2.24) is 4.98 Å². The number of H-pyrrole nitrogens is 1. The maximum absolute atomic E-state index is 9.54. The maximum atomic E-state index is 9.54. The highest BCUT2D eigenvalue weighted by Crippen LogP contribution is 2.29. The monoisotopic (exact) mass is 417 g/mol. The summed E-state index contributed by atoms with van der Waals surface area (Å²) < 4.78 is 7.23. The van der Waals surface area contributed by atoms with Crippen molar-refractivity contribution in [3.63, 3.8) is 0 Å². The Hall–Kier alpha value is -2.33. The van der Waals surface area contributed by atoms with E-state index in [1.54, 1.807) is 7.11 Å². The molecule has 0 spiro atoms. The van der Waals surface area contributed by atoms with Crippen molar-refractivity contribution in [2.45, 2.75) is 0 Å². The largest absolute Gasteiger partial charge is 1.00 e. The highest BCUT2D eigenvalue weighted by atomic mass is 127. The van der Waals surface area contributed by atoms with Crippen LogP contribution in [0.1, 0.15) is 11.1 Å². The van der Waals surface area contributed by atoms with Crippen LogP contribution in [0.15, 0.2) is 48.9 Å². The zero-order valence-electron chi connectivity index (χ0n) is 12.9. The lowest BCUT2D eigenvalue weighted by molar-refractivity contribution is -0.671. The molecule has 3 rings (SSSR count). The van der Waals surface area contributed by atoms with Crippen LogP contribution in [0, 0.1) is 11.3 Å². The molecule has 3 aromatic rings. The van der Waals surface area contributed by atoms with E-state index >= 15 is 0 Å². The second-order valence-corrected chi connectivity index (χ2v) is 5.09. The molecule has 0 saturated carbocycles. The van der Waals surface area contributed by atoms with Gasteiger partial charge >= 0.3 is 0 Å². The molecule has 0 aliphatic heterocycles. The first-order valence-corrected chi connectivity index (χ1v) is 6.94. The number of hydrogen-bond acceptors (Lipinski definition) is 2. The summed E-state index contributed by atoms with van der Waals surface area (Å²) in [6.45, 7) is 0. The third-order valence-corrected chi connectivity index (χ3v) is 3.57. The van der Waals surface area contributed by atoms with Gasteiger partial charge in [0.1, 0.15) is 12.8 Å². The first-order chi connectivity index (χ1) is 10.7. The number of pyridine rings is 1. The molecule has 0 fully saturated rings. The van der Waals surface area contributed by atoms with Gasteiger partial charge in [0.25, 0.3) is 0 Å². The number of hydrogen-bond donors (Lipinski definition) is 1. The van der Waals surface area contributed by atoms with E-state index < -0.39 is 0 Å². The Morgan fingerprint density at radius 2 is 2.17 bits per heavy atom. The van der Waals surface area contributed by atoms with Gasteiger partial charge in [-0.1, -0.05) is 0 Å². The number of nitrogens with zero attached hydrogens (tertiary/aromatic N) is 2. The molecule has 0 atom stereocenters. The lowest BCUT2D eigenvalue weighted by Gasteiger charge is -2.01. The standard InChI is InChI=1S/C18H16N3O.HI/c1-21-7-3-4-13(12-21)8-14(10-19)17-11-20-18-6-5-15(22-2)9-16(17)18;/h3-9,11-12,20H,1-2H3;1H/q+1;/p-1/b14-8+;. The second kappa shape index (κ2) is 7.29. The molecule has 23 heavy (non-hydrogen) atoms. The fraction of sp³-hybridized carbons (Fsp3) is 0.111. The van der Waals surface area contributed by atoms with E-state index in [1.165, 1.54) is 0 Å². The lowest BCUT2D eigenvalue weighted by atomic mass is 10.0. The fourth-order valence-corrected chi connectivity index (χ4v) is 2.48. The number of nitrogens with one attached hydrogen (secondary N) is 1. The smallest absolute Gasteiger partial charge is 0.175 e. The van der Waals surface area contributed by atoms with Gasteiger partial charge < -0.3 is 33.7 Å². The number of benzene rings is 1. The van der Waals surface area contributed by atoms with E-state index in [4.69, 9.17) is 4.74 Å². The summed E-state index contributed by atoms with van der Waals surface area (Å²) >= 11 is 0. The van der Waals surface area contributed by atoms with Crippen LogP contribution in [-0.2, 0) is 7.05 Å². The van der Waals surface area contributed by atoms with Crippen LogP contribution in [0.5, 0.6) is 5.75 Å². The van der Waals surface area contributed by atoms with Gasteiger partial charge in [-0.2, -0.15) is 5.26 Å². The fourth-order valence-electron chi connectivity index (χ4n) is 2.48. The number of ether oxygens (including phenoxy) is 1. The third kappa shape index (κ3) is 3.54. The van der Waals surface area contributed by atoms with Crippen LogP contribution in [-0.4, -0.2) is 12.1 Å². The minimum atomic E-state index is 0. The Balaban J connectivity index is 0.00000192. The van der Waals surface area contributed by atoms with Gasteiger partial charge in [0, 0.05) is 34.3 Å². The van der Waals surface area contributed by atoms with E-state index in [0.29, 0.717) is 5.57 Å². The molecule has 0 aliphatic carbocycles. The van der Waals surface area contributed by atoms with Crippen LogP contribution in [0.2, 0.25) is 0 Å². The summed E-state index contributed by atoms with van der Waals surface area (Å²) in [5, 5.41) is 10.5. The van der Waals surface area contributed by atoms with Crippen molar-refractivity contribution in [1.29, 1.82) is 5.26 Å². The molecule has 1 aromatic carbocycles.